The van der Waals surface area contributed by atoms with Gasteiger partial charge in [-0.1, -0.05) is 13.8 Å². The third kappa shape index (κ3) is 5.38. The lowest BCUT2D eigenvalue weighted by Crippen LogP contribution is -2.44. The fraction of sp³-hybridized carbons (Fsp3) is 0.923. The number of esters is 1. The third-order valence-corrected chi connectivity index (χ3v) is 5.37. The van der Waals surface area contributed by atoms with E-state index in [0.717, 1.165) is 0 Å². The molecule has 20 heavy (non-hydrogen) atoms. The van der Waals surface area contributed by atoms with Crippen molar-refractivity contribution in [2.45, 2.75) is 44.8 Å². The van der Waals surface area contributed by atoms with Crippen molar-refractivity contribution in [1.82, 2.24) is 10.2 Å². The lowest BCUT2D eigenvalue weighted by Gasteiger charge is -2.26. The molecule has 1 N–H and O–H groups in total. The number of carbonyl (C=O) groups is 1. The maximum atomic E-state index is 11.7. The smallest absolute Gasteiger partial charge is 0.322 e. The molecule has 0 spiro atoms. The molecule has 0 aromatic rings. The van der Waals surface area contributed by atoms with E-state index in [2.05, 4.69) is 5.32 Å². The van der Waals surface area contributed by atoms with Crippen LogP contribution >= 0.6 is 0 Å². The van der Waals surface area contributed by atoms with Crippen LogP contribution in [0, 0.1) is 0 Å². The van der Waals surface area contributed by atoms with Gasteiger partial charge in [0.2, 0.25) is 0 Å². The molecule has 1 saturated heterocycles. The van der Waals surface area contributed by atoms with Crippen molar-refractivity contribution in [2.24, 2.45) is 0 Å². The number of nitrogens with one attached hydrogen (secondary N) is 1. The Morgan fingerprint density at radius 2 is 2.10 bits per heavy atom. The van der Waals surface area contributed by atoms with Crippen LogP contribution in [-0.2, 0) is 19.4 Å². The van der Waals surface area contributed by atoms with E-state index >= 15 is 0 Å². The Bertz CT molecular complexity index is 422. The fourth-order valence-electron chi connectivity index (χ4n) is 2.45. The molecule has 0 amide bonds. The fourth-order valence-corrected chi connectivity index (χ4v) is 4.26. The summed E-state index contributed by atoms with van der Waals surface area (Å²) in [5.41, 5.74) is 0. The number of ether oxygens (including phenoxy) is 1. The maximum absolute atomic E-state index is 11.7. The second-order valence-corrected chi connectivity index (χ2v) is 7.95. The van der Waals surface area contributed by atoms with E-state index in [0.29, 0.717) is 19.4 Å². The van der Waals surface area contributed by atoms with E-state index in [9.17, 15) is 13.2 Å². The SMILES string of the molecule is COC(=O)C(CCN(C)C1CCS(=O)(=O)C1)NC(C)C. The van der Waals surface area contributed by atoms with Crippen LogP contribution in [0.25, 0.3) is 0 Å². The highest BCUT2D eigenvalue weighted by molar-refractivity contribution is 7.91. The van der Waals surface area contributed by atoms with Gasteiger partial charge in [0, 0.05) is 18.6 Å². The predicted octanol–water partition coefficient (Wildman–Crippen LogP) is 0.0350. The molecule has 0 bridgehead atoms. The van der Waals surface area contributed by atoms with Crippen molar-refractivity contribution >= 4 is 15.8 Å². The molecule has 0 aromatic heterocycles. The Morgan fingerprint density at radius 1 is 1.45 bits per heavy atom. The number of sulfone groups is 1. The van der Waals surface area contributed by atoms with Gasteiger partial charge in [0.15, 0.2) is 9.84 Å². The molecular formula is C13H26N2O4S. The van der Waals surface area contributed by atoms with Gasteiger partial charge in [-0.3, -0.25) is 4.79 Å². The van der Waals surface area contributed by atoms with Gasteiger partial charge >= 0.3 is 5.97 Å². The minimum atomic E-state index is -2.87. The Labute approximate surface area is 121 Å². The lowest BCUT2D eigenvalue weighted by atomic mass is 10.1. The number of hydrogen-bond donors (Lipinski definition) is 1. The summed E-state index contributed by atoms with van der Waals surface area (Å²) in [5.74, 6) is 0.225. The zero-order valence-electron chi connectivity index (χ0n) is 12.8. The quantitative estimate of drug-likeness (QED) is 0.669. The minimum Gasteiger partial charge on any atom is -0.468 e. The molecule has 1 rings (SSSR count). The van der Waals surface area contributed by atoms with E-state index in [-0.39, 0.29) is 35.6 Å². The number of rotatable bonds is 7. The van der Waals surface area contributed by atoms with Gasteiger partial charge in [-0.05, 0) is 19.9 Å². The van der Waals surface area contributed by atoms with E-state index in [1.54, 1.807) is 0 Å². The first-order chi connectivity index (χ1) is 9.25. The number of carbonyl (C=O) groups excluding carboxylic acids is 1. The zero-order valence-corrected chi connectivity index (χ0v) is 13.6. The second kappa shape index (κ2) is 7.38. The van der Waals surface area contributed by atoms with Gasteiger partial charge in [0.1, 0.15) is 6.04 Å². The average Bonchev–Trinajstić information content (AvgIpc) is 2.73. The molecule has 2 unspecified atom stereocenters. The summed E-state index contributed by atoms with van der Waals surface area (Å²) in [5, 5.41) is 3.17. The largest absolute Gasteiger partial charge is 0.468 e. The molecule has 1 fully saturated rings. The summed E-state index contributed by atoms with van der Waals surface area (Å²) in [4.78, 5) is 13.7. The molecule has 0 saturated carbocycles. The Balaban J connectivity index is 2.48. The van der Waals surface area contributed by atoms with Crippen LogP contribution < -0.4 is 5.32 Å². The van der Waals surface area contributed by atoms with E-state index in [1.807, 2.05) is 25.8 Å². The first-order valence-electron chi connectivity index (χ1n) is 6.99. The van der Waals surface area contributed by atoms with Crippen molar-refractivity contribution in [2.75, 3.05) is 32.2 Å². The minimum absolute atomic E-state index is 0.0670. The Morgan fingerprint density at radius 3 is 2.55 bits per heavy atom. The van der Waals surface area contributed by atoms with Crippen molar-refractivity contribution in [3.8, 4) is 0 Å². The van der Waals surface area contributed by atoms with Crippen LogP contribution in [0.3, 0.4) is 0 Å². The Hall–Kier alpha value is -0.660. The summed E-state index contributed by atoms with van der Waals surface area (Å²) in [7, 11) is 0.424. The van der Waals surface area contributed by atoms with E-state index < -0.39 is 9.84 Å². The van der Waals surface area contributed by atoms with Crippen LogP contribution in [0.2, 0.25) is 0 Å². The topological polar surface area (TPSA) is 75.7 Å². The maximum Gasteiger partial charge on any atom is 0.322 e. The highest BCUT2D eigenvalue weighted by atomic mass is 32.2. The monoisotopic (exact) mass is 306 g/mol. The van der Waals surface area contributed by atoms with Crippen molar-refractivity contribution < 1.29 is 17.9 Å². The summed E-state index contributed by atoms with van der Waals surface area (Å²) < 4.78 is 27.7. The predicted molar refractivity (Wildman–Crippen MR) is 78.4 cm³/mol. The molecule has 118 valence electrons. The van der Waals surface area contributed by atoms with Crippen molar-refractivity contribution in [3.05, 3.63) is 0 Å². The second-order valence-electron chi connectivity index (χ2n) is 5.72. The van der Waals surface area contributed by atoms with Crippen LogP contribution in [0.5, 0.6) is 0 Å². The molecule has 0 radical (unpaired) electrons. The van der Waals surface area contributed by atoms with Gasteiger partial charge in [-0.25, -0.2) is 8.42 Å². The Kier molecular flexibility index (Phi) is 6.42. The molecule has 1 heterocycles. The van der Waals surface area contributed by atoms with Crippen molar-refractivity contribution in [3.63, 3.8) is 0 Å². The van der Waals surface area contributed by atoms with Gasteiger partial charge in [-0.15, -0.1) is 0 Å². The summed E-state index contributed by atoms with van der Waals surface area (Å²) >= 11 is 0. The first kappa shape index (κ1) is 17.4. The first-order valence-corrected chi connectivity index (χ1v) is 8.82. The van der Waals surface area contributed by atoms with Gasteiger partial charge in [0.25, 0.3) is 0 Å². The van der Waals surface area contributed by atoms with Crippen LogP contribution in [0.15, 0.2) is 0 Å². The molecule has 0 aromatic carbocycles. The average molecular weight is 306 g/mol. The van der Waals surface area contributed by atoms with Gasteiger partial charge in [-0.2, -0.15) is 0 Å². The lowest BCUT2D eigenvalue weighted by molar-refractivity contribution is -0.143. The third-order valence-electron chi connectivity index (χ3n) is 3.62. The van der Waals surface area contributed by atoms with E-state index in [4.69, 9.17) is 4.74 Å². The van der Waals surface area contributed by atoms with E-state index in [1.165, 1.54) is 7.11 Å². The molecular weight excluding hydrogens is 280 g/mol. The normalized spacial score (nSPS) is 23.2. The summed E-state index contributed by atoms with van der Waals surface area (Å²) in [6.45, 7) is 4.62. The van der Waals surface area contributed by atoms with Crippen LogP contribution in [0.4, 0.5) is 0 Å². The molecule has 6 nitrogen and oxygen atoms in total. The van der Waals surface area contributed by atoms with Crippen LogP contribution in [0.1, 0.15) is 26.7 Å². The number of methoxy groups -OCH3 is 1. The summed E-state index contributed by atoms with van der Waals surface area (Å²) in [6, 6.07) is -0.0888. The van der Waals surface area contributed by atoms with Gasteiger partial charge in [0.05, 0.1) is 18.6 Å². The van der Waals surface area contributed by atoms with Crippen LogP contribution in [-0.4, -0.2) is 69.6 Å². The summed E-state index contributed by atoms with van der Waals surface area (Å²) in [6.07, 6.45) is 1.29. The highest BCUT2D eigenvalue weighted by Gasteiger charge is 2.31. The number of nitrogens with zero attached hydrogens (tertiary/aromatic N) is 1. The van der Waals surface area contributed by atoms with Gasteiger partial charge < -0.3 is 15.0 Å². The molecule has 0 aliphatic carbocycles. The zero-order chi connectivity index (χ0) is 15.3. The number of hydrogen-bond acceptors (Lipinski definition) is 6. The highest BCUT2D eigenvalue weighted by Crippen LogP contribution is 2.17. The molecule has 1 aliphatic rings. The van der Waals surface area contributed by atoms with Crippen molar-refractivity contribution in [1.29, 1.82) is 0 Å². The standard InChI is InChI=1S/C13H26N2O4S/c1-10(2)14-12(13(16)19-4)5-7-15(3)11-6-8-20(17,18)9-11/h10-12,14H,5-9H2,1-4H3. The molecule has 7 heteroatoms. The molecule has 1 aliphatic heterocycles. The molecule has 2 atom stereocenters.